The Balaban J connectivity index is 1.37. The summed E-state index contributed by atoms with van der Waals surface area (Å²) in [6.07, 6.45) is 9.13. The smallest absolute Gasteiger partial charge is 0.429 e. The van der Waals surface area contributed by atoms with Crippen LogP contribution < -0.4 is 9.75 Å². The number of rotatable bonds is 5. The summed E-state index contributed by atoms with van der Waals surface area (Å²) in [6.45, 7) is 7.91. The molecule has 3 aliphatic heterocycles. The van der Waals surface area contributed by atoms with Gasteiger partial charge in [-0.3, -0.25) is 9.91 Å². The number of nitrogens with zero attached hydrogens (tertiary/aromatic N) is 5. The Morgan fingerprint density at radius 1 is 1.08 bits per heavy atom. The first-order valence-corrected chi connectivity index (χ1v) is 17.0. The zero-order chi connectivity index (χ0) is 34.5. The Bertz CT molecular complexity index is 1970. The van der Waals surface area contributed by atoms with Crippen LogP contribution in [0.5, 0.6) is 11.8 Å². The lowest BCUT2D eigenvalue weighted by atomic mass is 9.93. The van der Waals surface area contributed by atoms with Gasteiger partial charge in [0.05, 0.1) is 16.6 Å². The molecule has 1 N–H and O–H groups in total. The van der Waals surface area contributed by atoms with Crippen molar-refractivity contribution >= 4 is 33.6 Å². The molecule has 0 saturated carbocycles. The molecule has 0 aliphatic carbocycles. The van der Waals surface area contributed by atoms with Crippen molar-refractivity contribution in [3.63, 3.8) is 0 Å². The number of ether oxygens (including phenoxy) is 2. The quantitative estimate of drug-likeness (QED) is 0.220. The third kappa shape index (κ3) is 6.30. The van der Waals surface area contributed by atoms with Crippen LogP contribution in [-0.4, -0.2) is 81.2 Å². The first-order valence-electron chi connectivity index (χ1n) is 17.0. The molecule has 0 bridgehead atoms. The summed E-state index contributed by atoms with van der Waals surface area (Å²) in [5, 5.41) is 15.9. The highest BCUT2D eigenvalue weighted by atomic mass is 19.1. The van der Waals surface area contributed by atoms with Crippen molar-refractivity contribution < 1.29 is 28.2 Å². The van der Waals surface area contributed by atoms with Gasteiger partial charge in [0.2, 0.25) is 0 Å². The van der Waals surface area contributed by atoms with Gasteiger partial charge >= 0.3 is 12.1 Å². The minimum absolute atomic E-state index is 0.00486. The highest BCUT2D eigenvalue weighted by Crippen LogP contribution is 2.42. The van der Waals surface area contributed by atoms with E-state index in [1.165, 1.54) is 6.07 Å². The molecule has 1 amide bonds. The Kier molecular flexibility index (Phi) is 8.47. The molecule has 11 heteroatoms. The second-order valence-corrected chi connectivity index (χ2v) is 14.4. The molecule has 7 rings (SSSR count). The van der Waals surface area contributed by atoms with Gasteiger partial charge in [-0.1, -0.05) is 18.1 Å². The fourth-order valence-corrected chi connectivity index (χ4v) is 7.63. The maximum atomic E-state index is 14.9. The molecule has 2 atom stereocenters. The van der Waals surface area contributed by atoms with Gasteiger partial charge in [0, 0.05) is 36.8 Å². The van der Waals surface area contributed by atoms with Gasteiger partial charge < -0.3 is 14.6 Å². The minimum atomic E-state index is -0.908. The Hall–Kier alpha value is -4.69. The number of aromatic nitrogens is 2. The number of carbonyl (C=O) groups excluding carboxylic acids is 1. The van der Waals surface area contributed by atoms with Crippen LogP contribution in [0.3, 0.4) is 0 Å². The van der Waals surface area contributed by atoms with E-state index in [0.717, 1.165) is 38.6 Å². The number of fused-ring (bicyclic) bond motifs is 3. The van der Waals surface area contributed by atoms with Gasteiger partial charge in [0.15, 0.2) is 5.82 Å². The number of alkyl halides is 1. The number of phenolic OH excluding ortho intramolecular Hbond substituents is 1. The molecule has 9 nitrogen and oxygen atoms in total. The number of benzene rings is 3. The maximum absolute atomic E-state index is 14.9. The minimum Gasteiger partial charge on any atom is -0.508 e. The van der Waals surface area contributed by atoms with Crippen molar-refractivity contribution in [2.75, 3.05) is 37.8 Å². The molecule has 3 saturated heterocycles. The third-order valence-corrected chi connectivity index (χ3v) is 9.77. The van der Waals surface area contributed by atoms with Gasteiger partial charge in [0.25, 0.3) is 0 Å². The average Bonchev–Trinajstić information content (AvgIpc) is 3.45. The lowest BCUT2D eigenvalue weighted by Gasteiger charge is -2.36. The summed E-state index contributed by atoms with van der Waals surface area (Å²) in [7, 11) is 0. The van der Waals surface area contributed by atoms with E-state index in [9.17, 15) is 18.7 Å². The molecule has 3 aliphatic rings. The monoisotopic (exact) mass is 669 g/mol. The van der Waals surface area contributed by atoms with Crippen LogP contribution in [0.25, 0.3) is 32.8 Å². The molecule has 49 heavy (non-hydrogen) atoms. The number of anilines is 1. The Labute approximate surface area is 284 Å². The van der Waals surface area contributed by atoms with E-state index in [2.05, 4.69) is 10.8 Å². The molecular formula is C38H41F2N5O4. The van der Waals surface area contributed by atoms with E-state index in [0.29, 0.717) is 64.7 Å². The van der Waals surface area contributed by atoms with E-state index in [4.69, 9.17) is 25.9 Å². The van der Waals surface area contributed by atoms with Gasteiger partial charge in [0.1, 0.15) is 29.9 Å². The van der Waals surface area contributed by atoms with E-state index >= 15 is 0 Å². The van der Waals surface area contributed by atoms with Crippen LogP contribution >= 0.6 is 0 Å². The summed E-state index contributed by atoms with van der Waals surface area (Å²) < 4.78 is 41.7. The molecule has 0 radical (unpaired) electrons. The Morgan fingerprint density at radius 2 is 1.90 bits per heavy atom. The van der Waals surface area contributed by atoms with Crippen LogP contribution in [0.2, 0.25) is 0 Å². The van der Waals surface area contributed by atoms with Crippen LogP contribution in [0.4, 0.5) is 19.4 Å². The van der Waals surface area contributed by atoms with Crippen molar-refractivity contribution in [3.05, 3.63) is 53.8 Å². The predicted molar refractivity (Wildman–Crippen MR) is 185 cm³/mol. The van der Waals surface area contributed by atoms with Crippen LogP contribution in [-0.2, 0) is 4.74 Å². The number of hydrogen-bond acceptors (Lipinski definition) is 8. The molecule has 0 unspecified atom stereocenters. The molecule has 0 spiro atoms. The van der Waals surface area contributed by atoms with Gasteiger partial charge in [-0.2, -0.15) is 9.97 Å². The van der Waals surface area contributed by atoms with E-state index in [-0.39, 0.29) is 23.9 Å². The van der Waals surface area contributed by atoms with Crippen molar-refractivity contribution in [3.8, 4) is 35.2 Å². The molecule has 3 fully saturated rings. The first kappa shape index (κ1) is 32.8. The SMILES string of the molecule is C#Cc1c(F)ccc2cc(O)cc(-c3ccc4c(N5CCCCCN5C(=O)OC(C)(C)C)nc(OC[C@@]56CCCN5C[C@H](F)C6)nc4c3)c12. The number of phenols is 1. The topological polar surface area (TPSA) is 91.3 Å². The number of hydrazine groups is 1. The molecular weight excluding hydrogens is 628 g/mol. The first-order chi connectivity index (χ1) is 23.4. The molecule has 256 valence electrons. The summed E-state index contributed by atoms with van der Waals surface area (Å²) in [4.78, 5) is 25.5. The second-order valence-electron chi connectivity index (χ2n) is 14.4. The van der Waals surface area contributed by atoms with E-state index in [1.54, 1.807) is 23.2 Å². The molecule has 4 aromatic rings. The average molecular weight is 670 g/mol. The third-order valence-electron chi connectivity index (χ3n) is 9.77. The number of hydrogen-bond donors (Lipinski definition) is 1. The normalized spacial score (nSPS) is 21.5. The van der Waals surface area contributed by atoms with Crippen molar-refractivity contribution in [2.24, 2.45) is 0 Å². The molecule has 3 aromatic carbocycles. The van der Waals surface area contributed by atoms with Crippen LogP contribution in [0.15, 0.2) is 42.5 Å². The lowest BCUT2D eigenvalue weighted by Crippen LogP contribution is -2.49. The predicted octanol–water partition coefficient (Wildman–Crippen LogP) is 7.37. The van der Waals surface area contributed by atoms with Gasteiger partial charge in [-0.25, -0.2) is 18.6 Å². The number of carbonyl (C=O) groups is 1. The number of terminal acetylenes is 1. The van der Waals surface area contributed by atoms with Crippen LogP contribution in [0, 0.1) is 18.2 Å². The summed E-state index contributed by atoms with van der Waals surface area (Å²) in [5.41, 5.74) is 0.674. The van der Waals surface area contributed by atoms with Gasteiger partial charge in [-0.15, -0.1) is 6.42 Å². The fraction of sp³-hybridized carbons (Fsp3) is 0.447. The standard InChI is InChI=1S/C38H41F2N5O4/c1-5-28-31(40)13-11-25-18-27(46)20-30(33(25)28)24-10-12-29-32(19-24)41-35(48-23-38-14-9-15-43(38)22-26(39)21-38)42-34(29)44-16-7-6-8-17-45(44)36(47)49-37(2,3)4/h1,10-13,18-20,26,46H,6-9,14-17,21-23H2,2-4H3/t26-,38+/m1/s1. The lowest BCUT2D eigenvalue weighted by molar-refractivity contribution is 0.0232. The van der Waals surface area contributed by atoms with Gasteiger partial charge in [-0.05, 0) is 106 Å². The molecule has 1 aromatic heterocycles. The zero-order valence-corrected chi connectivity index (χ0v) is 28.1. The fourth-order valence-electron chi connectivity index (χ4n) is 7.63. The summed E-state index contributed by atoms with van der Waals surface area (Å²) in [6, 6.07) is 11.6. The zero-order valence-electron chi connectivity index (χ0n) is 28.1. The number of amides is 1. The van der Waals surface area contributed by atoms with Crippen LogP contribution in [0.1, 0.15) is 64.9 Å². The largest absolute Gasteiger partial charge is 0.508 e. The Morgan fingerprint density at radius 3 is 2.69 bits per heavy atom. The van der Waals surface area contributed by atoms with E-state index in [1.807, 2.05) is 44.0 Å². The maximum Gasteiger partial charge on any atom is 0.429 e. The summed E-state index contributed by atoms with van der Waals surface area (Å²) >= 11 is 0. The highest BCUT2D eigenvalue weighted by molar-refractivity contribution is 6.03. The van der Waals surface area contributed by atoms with E-state index < -0.39 is 29.2 Å². The van der Waals surface area contributed by atoms with Crippen molar-refractivity contribution in [1.82, 2.24) is 19.9 Å². The molecule has 4 heterocycles. The van der Waals surface area contributed by atoms with Crippen molar-refractivity contribution in [2.45, 2.75) is 76.6 Å². The number of halogens is 2. The number of aromatic hydroxyl groups is 1. The summed E-state index contributed by atoms with van der Waals surface area (Å²) in [5.74, 6) is 2.43. The second kappa shape index (κ2) is 12.6. The van der Waals surface area contributed by atoms with Crippen molar-refractivity contribution in [1.29, 1.82) is 0 Å². The highest BCUT2D eigenvalue weighted by Gasteiger charge is 2.49.